The lowest BCUT2D eigenvalue weighted by molar-refractivity contribution is -0.0262. The van der Waals surface area contributed by atoms with Crippen molar-refractivity contribution in [3.63, 3.8) is 0 Å². The third-order valence-electron chi connectivity index (χ3n) is 4.78. The second kappa shape index (κ2) is 6.00. The third-order valence-corrected chi connectivity index (χ3v) is 5.10. The molecule has 3 heterocycles. The van der Waals surface area contributed by atoms with Gasteiger partial charge in [0, 0.05) is 11.3 Å². The van der Waals surface area contributed by atoms with Crippen LogP contribution in [0.3, 0.4) is 0 Å². The summed E-state index contributed by atoms with van der Waals surface area (Å²) in [6.07, 6.45) is 1.55. The summed E-state index contributed by atoms with van der Waals surface area (Å²) in [5, 5.41) is 10.2. The minimum atomic E-state index is -2.67. The van der Waals surface area contributed by atoms with Crippen molar-refractivity contribution in [1.29, 1.82) is 0 Å². The maximum absolute atomic E-state index is 14.4. The molecule has 0 bridgehead atoms. The van der Waals surface area contributed by atoms with E-state index in [-0.39, 0.29) is 29.5 Å². The summed E-state index contributed by atoms with van der Waals surface area (Å²) in [6.45, 7) is -0.640. The molecule has 1 saturated heterocycles. The van der Waals surface area contributed by atoms with E-state index in [2.05, 4.69) is 20.5 Å². The molecule has 2 aromatic carbocycles. The maximum atomic E-state index is 14.4. The summed E-state index contributed by atoms with van der Waals surface area (Å²) in [5.74, 6) is -2.93. The number of aliphatic imine (C=N–C) groups is 1. The number of amidine groups is 1. The lowest BCUT2D eigenvalue weighted by Crippen LogP contribution is -2.56. The maximum Gasteiger partial charge on any atom is 0.282 e. The van der Waals surface area contributed by atoms with Crippen molar-refractivity contribution in [3.05, 3.63) is 59.0 Å². The Balaban J connectivity index is 1.64. The Bertz CT molecular complexity index is 1100. The van der Waals surface area contributed by atoms with E-state index in [1.54, 1.807) is 35.4 Å². The van der Waals surface area contributed by atoms with E-state index in [9.17, 15) is 13.2 Å². The van der Waals surface area contributed by atoms with Gasteiger partial charge in [-0.2, -0.15) is 5.10 Å². The van der Waals surface area contributed by atoms with Gasteiger partial charge in [0.1, 0.15) is 11.7 Å². The van der Waals surface area contributed by atoms with E-state index in [1.807, 2.05) is 0 Å². The first-order valence-electron chi connectivity index (χ1n) is 8.52. The average molecular weight is 404 g/mol. The molecule has 2 N–H and O–H groups in total. The highest BCUT2D eigenvalue weighted by molar-refractivity contribution is 6.35. The van der Waals surface area contributed by atoms with Crippen molar-refractivity contribution < 1.29 is 13.2 Å². The van der Waals surface area contributed by atoms with Gasteiger partial charge >= 0.3 is 0 Å². The summed E-state index contributed by atoms with van der Waals surface area (Å²) >= 11 is 6.20. The van der Waals surface area contributed by atoms with Crippen molar-refractivity contribution in [3.8, 4) is 11.3 Å². The molecule has 142 valence electrons. The van der Waals surface area contributed by atoms with Crippen molar-refractivity contribution >= 4 is 34.5 Å². The highest BCUT2D eigenvalue weighted by atomic mass is 35.5. The van der Waals surface area contributed by atoms with Gasteiger partial charge in [0.05, 0.1) is 46.9 Å². The third kappa shape index (κ3) is 2.72. The fourth-order valence-corrected chi connectivity index (χ4v) is 3.67. The number of anilines is 2. The van der Waals surface area contributed by atoms with Gasteiger partial charge < -0.3 is 10.2 Å². The second-order valence-electron chi connectivity index (χ2n) is 6.75. The number of fused-ring (bicyclic) bond motifs is 3. The summed E-state index contributed by atoms with van der Waals surface area (Å²) in [5.41, 5.74) is 3.25. The second-order valence-corrected chi connectivity index (χ2v) is 7.16. The van der Waals surface area contributed by atoms with Crippen molar-refractivity contribution in [2.24, 2.45) is 4.99 Å². The molecule has 0 saturated carbocycles. The Labute approximate surface area is 162 Å². The van der Waals surface area contributed by atoms with Crippen LogP contribution in [-0.4, -0.2) is 35.0 Å². The van der Waals surface area contributed by atoms with Crippen molar-refractivity contribution in [2.45, 2.75) is 5.92 Å². The highest BCUT2D eigenvalue weighted by Gasteiger charge is 2.44. The Morgan fingerprint density at radius 2 is 1.96 bits per heavy atom. The lowest BCUT2D eigenvalue weighted by Gasteiger charge is -2.40. The van der Waals surface area contributed by atoms with Crippen LogP contribution in [0.2, 0.25) is 5.02 Å². The van der Waals surface area contributed by atoms with E-state index in [0.29, 0.717) is 28.3 Å². The SMILES string of the molecule is Fc1cccc(Cl)c1C1=Nc2ccc(N3CC(F)(F)C3)cc2-c2[nH]ncc2N1. The minimum Gasteiger partial charge on any atom is -0.359 e. The first-order chi connectivity index (χ1) is 13.4. The molecule has 2 aliphatic rings. The number of alkyl halides is 2. The molecule has 28 heavy (non-hydrogen) atoms. The molecule has 0 atom stereocenters. The first kappa shape index (κ1) is 17.1. The number of halogens is 4. The Kier molecular flexibility index (Phi) is 3.67. The Morgan fingerprint density at radius 3 is 2.71 bits per heavy atom. The molecule has 0 aliphatic carbocycles. The lowest BCUT2D eigenvalue weighted by atomic mass is 10.0. The standard InChI is InChI=1S/C19H13ClF3N5/c20-12-2-1-3-13(21)16(12)18-25-14-5-4-10(28-8-19(22,23)9-28)6-11(14)17-15(26-18)7-24-27-17/h1-7H,8-9H2,(H,24,27)(H,25,26). The van der Waals surface area contributed by atoms with Crippen LogP contribution in [0.5, 0.6) is 0 Å². The molecular formula is C19H13ClF3N5. The number of hydrogen-bond donors (Lipinski definition) is 2. The molecule has 0 radical (unpaired) electrons. The predicted octanol–water partition coefficient (Wildman–Crippen LogP) is 4.83. The smallest absolute Gasteiger partial charge is 0.282 e. The topological polar surface area (TPSA) is 56.3 Å². The van der Waals surface area contributed by atoms with Gasteiger partial charge in [-0.1, -0.05) is 17.7 Å². The molecule has 0 spiro atoms. The van der Waals surface area contributed by atoms with Crippen LogP contribution in [0.25, 0.3) is 11.3 Å². The molecule has 1 fully saturated rings. The van der Waals surface area contributed by atoms with Gasteiger partial charge in [-0.3, -0.25) is 5.10 Å². The van der Waals surface area contributed by atoms with E-state index >= 15 is 0 Å². The van der Waals surface area contributed by atoms with Gasteiger partial charge in [0.25, 0.3) is 5.92 Å². The molecule has 5 rings (SSSR count). The van der Waals surface area contributed by atoms with Crippen LogP contribution in [0.4, 0.5) is 30.2 Å². The monoisotopic (exact) mass is 403 g/mol. The number of aromatic nitrogens is 2. The zero-order valence-corrected chi connectivity index (χ0v) is 15.1. The van der Waals surface area contributed by atoms with Crippen LogP contribution in [0.15, 0.2) is 47.6 Å². The van der Waals surface area contributed by atoms with Crippen LogP contribution in [-0.2, 0) is 0 Å². The van der Waals surface area contributed by atoms with Crippen LogP contribution in [0, 0.1) is 5.82 Å². The van der Waals surface area contributed by atoms with Gasteiger partial charge in [0.2, 0.25) is 0 Å². The molecule has 9 heteroatoms. The minimum absolute atomic E-state index is 0.149. The number of H-pyrrole nitrogens is 1. The van der Waals surface area contributed by atoms with E-state index < -0.39 is 11.7 Å². The van der Waals surface area contributed by atoms with Gasteiger partial charge in [0.15, 0.2) is 0 Å². The Hall–Kier alpha value is -3.00. The number of aromatic amines is 1. The molecule has 0 unspecified atom stereocenters. The molecule has 3 aromatic rings. The van der Waals surface area contributed by atoms with Crippen molar-refractivity contribution in [1.82, 2.24) is 10.2 Å². The number of benzene rings is 2. The number of hydrogen-bond acceptors (Lipinski definition) is 4. The summed E-state index contributed by atoms with van der Waals surface area (Å²) in [7, 11) is 0. The van der Waals surface area contributed by atoms with Gasteiger partial charge in [-0.05, 0) is 30.3 Å². The van der Waals surface area contributed by atoms with E-state index in [1.165, 1.54) is 12.1 Å². The highest BCUT2D eigenvalue weighted by Crippen LogP contribution is 2.41. The van der Waals surface area contributed by atoms with Crippen LogP contribution < -0.4 is 10.2 Å². The normalized spacial score (nSPS) is 17.0. The summed E-state index contributed by atoms with van der Waals surface area (Å²) < 4.78 is 40.9. The molecule has 1 aromatic heterocycles. The number of nitrogens with zero attached hydrogens (tertiary/aromatic N) is 3. The zero-order valence-electron chi connectivity index (χ0n) is 14.3. The summed E-state index contributed by atoms with van der Waals surface area (Å²) in [4.78, 5) is 6.15. The number of nitrogens with one attached hydrogen (secondary N) is 2. The van der Waals surface area contributed by atoms with Gasteiger partial charge in [-0.15, -0.1) is 0 Å². The summed E-state index contributed by atoms with van der Waals surface area (Å²) in [6, 6.07) is 9.62. The molecule has 2 aliphatic heterocycles. The molecule has 5 nitrogen and oxygen atoms in total. The fourth-order valence-electron chi connectivity index (χ4n) is 3.42. The van der Waals surface area contributed by atoms with Crippen molar-refractivity contribution in [2.75, 3.05) is 23.3 Å². The van der Waals surface area contributed by atoms with E-state index in [0.717, 1.165) is 0 Å². The quantitative estimate of drug-likeness (QED) is 0.644. The fraction of sp³-hybridized carbons (Fsp3) is 0.158. The van der Waals surface area contributed by atoms with Crippen LogP contribution >= 0.6 is 11.6 Å². The molecular weight excluding hydrogens is 391 g/mol. The first-order valence-corrected chi connectivity index (χ1v) is 8.90. The van der Waals surface area contributed by atoms with Crippen LogP contribution in [0.1, 0.15) is 5.56 Å². The molecule has 0 amide bonds. The van der Waals surface area contributed by atoms with Gasteiger partial charge in [-0.25, -0.2) is 18.2 Å². The van der Waals surface area contributed by atoms with E-state index in [4.69, 9.17) is 11.6 Å². The Morgan fingerprint density at radius 1 is 1.14 bits per heavy atom. The average Bonchev–Trinajstić information content (AvgIpc) is 3.02. The predicted molar refractivity (Wildman–Crippen MR) is 102 cm³/mol. The number of rotatable bonds is 2. The zero-order chi connectivity index (χ0) is 19.5. The largest absolute Gasteiger partial charge is 0.359 e.